The molecule has 3 atom stereocenters. The molecule has 0 aromatic rings. The lowest BCUT2D eigenvalue weighted by Gasteiger charge is -2.39. The van der Waals surface area contributed by atoms with E-state index in [0.717, 1.165) is 25.8 Å². The number of carboxylic acid groups (broad SMARTS) is 1. The Kier molecular flexibility index (Phi) is 4.78. The summed E-state index contributed by atoms with van der Waals surface area (Å²) < 4.78 is 0. The van der Waals surface area contributed by atoms with Crippen LogP contribution in [-0.4, -0.2) is 35.6 Å². The average Bonchev–Trinajstić information content (AvgIpc) is 2.15. The first-order valence-corrected chi connectivity index (χ1v) is 6.34. The Morgan fingerprint density at radius 2 is 2.06 bits per heavy atom. The quantitative estimate of drug-likeness (QED) is 0.802. The molecule has 1 saturated carbocycles. The lowest BCUT2D eigenvalue weighted by Crippen LogP contribution is -2.46. The molecule has 16 heavy (non-hydrogen) atoms. The van der Waals surface area contributed by atoms with Gasteiger partial charge in [0, 0.05) is 12.6 Å². The van der Waals surface area contributed by atoms with Gasteiger partial charge >= 0.3 is 5.97 Å². The van der Waals surface area contributed by atoms with Crippen LogP contribution in [0.5, 0.6) is 0 Å². The van der Waals surface area contributed by atoms with Gasteiger partial charge in [-0.15, -0.1) is 0 Å². The summed E-state index contributed by atoms with van der Waals surface area (Å²) in [5, 5.41) is 9.25. The van der Waals surface area contributed by atoms with E-state index >= 15 is 0 Å². The van der Waals surface area contributed by atoms with Crippen LogP contribution in [0, 0.1) is 17.8 Å². The molecule has 1 aliphatic carbocycles. The Morgan fingerprint density at radius 1 is 1.44 bits per heavy atom. The first-order chi connectivity index (χ1) is 7.41. The number of hydrogen-bond donors (Lipinski definition) is 1. The molecule has 0 bridgehead atoms. The van der Waals surface area contributed by atoms with Gasteiger partial charge in [-0.1, -0.05) is 20.8 Å². The van der Waals surface area contributed by atoms with E-state index in [1.807, 2.05) is 0 Å². The van der Waals surface area contributed by atoms with Gasteiger partial charge in [-0.2, -0.15) is 0 Å². The zero-order valence-corrected chi connectivity index (χ0v) is 10.9. The minimum Gasteiger partial charge on any atom is -0.481 e. The molecular formula is C13H25NO2. The molecule has 3 nitrogen and oxygen atoms in total. The topological polar surface area (TPSA) is 40.5 Å². The molecule has 1 N–H and O–H groups in total. The van der Waals surface area contributed by atoms with Crippen molar-refractivity contribution in [3.05, 3.63) is 0 Å². The predicted octanol–water partition coefficient (Wildman–Crippen LogP) is 2.46. The number of carboxylic acids is 1. The van der Waals surface area contributed by atoms with E-state index in [4.69, 9.17) is 0 Å². The highest BCUT2D eigenvalue weighted by atomic mass is 16.4. The lowest BCUT2D eigenvalue weighted by molar-refractivity contribution is -0.146. The minimum atomic E-state index is -0.618. The molecule has 0 aliphatic heterocycles. The smallest absolute Gasteiger partial charge is 0.308 e. The van der Waals surface area contributed by atoms with Crippen molar-refractivity contribution >= 4 is 5.97 Å². The van der Waals surface area contributed by atoms with Crippen molar-refractivity contribution in [2.45, 2.75) is 46.1 Å². The Bertz CT molecular complexity index is 240. The number of nitrogens with zero attached hydrogens (tertiary/aromatic N) is 1. The van der Waals surface area contributed by atoms with Crippen molar-refractivity contribution in [2.24, 2.45) is 17.8 Å². The molecule has 1 aliphatic rings. The van der Waals surface area contributed by atoms with Gasteiger partial charge in [0.1, 0.15) is 0 Å². The molecule has 1 fully saturated rings. The molecule has 0 saturated heterocycles. The normalized spacial score (nSPS) is 31.0. The van der Waals surface area contributed by atoms with Crippen LogP contribution in [0.3, 0.4) is 0 Å². The Morgan fingerprint density at radius 3 is 2.56 bits per heavy atom. The average molecular weight is 227 g/mol. The highest BCUT2D eigenvalue weighted by Gasteiger charge is 2.35. The zero-order chi connectivity index (χ0) is 12.3. The summed E-state index contributed by atoms with van der Waals surface area (Å²) in [7, 11) is 2.07. The van der Waals surface area contributed by atoms with Crippen LogP contribution in [0.25, 0.3) is 0 Å². The van der Waals surface area contributed by atoms with Crippen molar-refractivity contribution < 1.29 is 9.90 Å². The Hall–Kier alpha value is -0.570. The van der Waals surface area contributed by atoms with Gasteiger partial charge in [0.25, 0.3) is 0 Å². The van der Waals surface area contributed by atoms with Crippen molar-refractivity contribution in [3.8, 4) is 0 Å². The van der Waals surface area contributed by atoms with Crippen molar-refractivity contribution in [1.29, 1.82) is 0 Å². The summed E-state index contributed by atoms with van der Waals surface area (Å²) in [5.74, 6) is 0.472. The standard InChI is InChI=1S/C13H25NO2/c1-9(2)8-14(4)12-7-10(3)5-6-11(12)13(15)16/h9-12H,5-8H2,1-4H3,(H,15,16). The van der Waals surface area contributed by atoms with Gasteiger partial charge in [-0.05, 0) is 38.1 Å². The minimum absolute atomic E-state index is 0.167. The van der Waals surface area contributed by atoms with Gasteiger partial charge in [0.2, 0.25) is 0 Å². The van der Waals surface area contributed by atoms with E-state index in [1.165, 1.54) is 0 Å². The summed E-state index contributed by atoms with van der Waals surface area (Å²) in [4.78, 5) is 13.5. The SMILES string of the molecule is CC(C)CN(C)C1CC(C)CCC1C(=O)O. The second-order valence-electron chi connectivity index (χ2n) is 5.76. The van der Waals surface area contributed by atoms with Crippen molar-refractivity contribution in [3.63, 3.8) is 0 Å². The zero-order valence-electron chi connectivity index (χ0n) is 10.9. The Balaban J connectivity index is 2.66. The van der Waals surface area contributed by atoms with E-state index in [1.54, 1.807) is 0 Å². The highest BCUT2D eigenvalue weighted by molar-refractivity contribution is 5.71. The molecule has 0 heterocycles. The third-order valence-electron chi connectivity index (χ3n) is 3.62. The molecule has 0 aromatic carbocycles. The van der Waals surface area contributed by atoms with E-state index in [9.17, 15) is 9.90 Å². The maximum Gasteiger partial charge on any atom is 0.308 e. The van der Waals surface area contributed by atoms with E-state index in [0.29, 0.717) is 11.8 Å². The van der Waals surface area contributed by atoms with Crippen molar-refractivity contribution in [2.75, 3.05) is 13.6 Å². The number of hydrogen-bond acceptors (Lipinski definition) is 2. The van der Waals surface area contributed by atoms with Crippen LogP contribution < -0.4 is 0 Å². The maximum absolute atomic E-state index is 11.2. The monoisotopic (exact) mass is 227 g/mol. The summed E-state index contributed by atoms with van der Waals surface area (Å²) in [6, 6.07) is 0.226. The number of carbonyl (C=O) groups is 1. The van der Waals surface area contributed by atoms with Crippen LogP contribution in [0.1, 0.15) is 40.0 Å². The molecule has 3 unspecified atom stereocenters. The van der Waals surface area contributed by atoms with Crippen LogP contribution in [-0.2, 0) is 4.79 Å². The molecule has 0 spiro atoms. The highest BCUT2D eigenvalue weighted by Crippen LogP contribution is 2.32. The van der Waals surface area contributed by atoms with Crippen LogP contribution >= 0.6 is 0 Å². The van der Waals surface area contributed by atoms with Crippen LogP contribution in [0.4, 0.5) is 0 Å². The third-order valence-corrected chi connectivity index (χ3v) is 3.62. The Labute approximate surface area is 98.8 Å². The molecule has 94 valence electrons. The van der Waals surface area contributed by atoms with Gasteiger partial charge < -0.3 is 10.0 Å². The summed E-state index contributed by atoms with van der Waals surface area (Å²) in [6.45, 7) is 7.58. The maximum atomic E-state index is 11.2. The molecule has 0 radical (unpaired) electrons. The molecule has 3 heteroatoms. The van der Waals surface area contributed by atoms with Crippen molar-refractivity contribution in [1.82, 2.24) is 4.90 Å². The lowest BCUT2D eigenvalue weighted by atomic mass is 9.78. The first kappa shape index (κ1) is 13.5. The molecule has 0 amide bonds. The van der Waals surface area contributed by atoms with E-state index in [2.05, 4.69) is 32.7 Å². The van der Waals surface area contributed by atoms with E-state index in [-0.39, 0.29) is 12.0 Å². The van der Waals surface area contributed by atoms with Gasteiger partial charge in [-0.25, -0.2) is 0 Å². The predicted molar refractivity (Wildman–Crippen MR) is 65.4 cm³/mol. The number of rotatable bonds is 4. The summed E-state index contributed by atoms with van der Waals surface area (Å²) in [5.41, 5.74) is 0. The second kappa shape index (κ2) is 5.67. The number of aliphatic carboxylic acids is 1. The summed E-state index contributed by atoms with van der Waals surface area (Å²) >= 11 is 0. The summed E-state index contributed by atoms with van der Waals surface area (Å²) in [6.07, 6.45) is 2.92. The fourth-order valence-corrected chi connectivity index (χ4v) is 2.84. The molecule has 0 aromatic heterocycles. The van der Waals surface area contributed by atoms with Crippen LogP contribution in [0.2, 0.25) is 0 Å². The van der Waals surface area contributed by atoms with Crippen LogP contribution in [0.15, 0.2) is 0 Å². The third kappa shape index (κ3) is 3.48. The fourth-order valence-electron chi connectivity index (χ4n) is 2.84. The largest absolute Gasteiger partial charge is 0.481 e. The van der Waals surface area contributed by atoms with Gasteiger partial charge in [0.05, 0.1) is 5.92 Å². The molecular weight excluding hydrogens is 202 g/mol. The molecule has 1 rings (SSSR count). The second-order valence-corrected chi connectivity index (χ2v) is 5.76. The van der Waals surface area contributed by atoms with Gasteiger partial charge in [0.15, 0.2) is 0 Å². The van der Waals surface area contributed by atoms with E-state index < -0.39 is 5.97 Å². The fraction of sp³-hybridized carbons (Fsp3) is 0.923. The van der Waals surface area contributed by atoms with Gasteiger partial charge in [-0.3, -0.25) is 4.79 Å². The first-order valence-electron chi connectivity index (χ1n) is 6.34.